The van der Waals surface area contributed by atoms with Crippen molar-refractivity contribution in [2.24, 2.45) is 0 Å². The first-order chi connectivity index (χ1) is 13.7. The predicted octanol–water partition coefficient (Wildman–Crippen LogP) is 2.81. The maximum absolute atomic E-state index is 13.0. The molecular formula is C21H29NO7. The molecule has 5 atom stereocenters. The number of hydrogen-bond donors (Lipinski definition) is 1. The van der Waals surface area contributed by atoms with E-state index in [-0.39, 0.29) is 5.91 Å². The van der Waals surface area contributed by atoms with Crippen LogP contribution in [0.1, 0.15) is 41.0 Å². The molecule has 29 heavy (non-hydrogen) atoms. The lowest BCUT2D eigenvalue weighted by Crippen LogP contribution is -2.58. The Bertz CT molecular complexity index is 748. The zero-order valence-corrected chi connectivity index (χ0v) is 17.5. The number of hydrogen-bond acceptors (Lipinski definition) is 7. The zero-order valence-electron chi connectivity index (χ0n) is 17.5. The van der Waals surface area contributed by atoms with E-state index in [1.165, 1.54) is 0 Å². The Hall–Kier alpha value is -1.71. The molecule has 0 aliphatic carbocycles. The number of carbonyl (C=O) groups is 1. The number of ether oxygens (including phenoxy) is 6. The van der Waals surface area contributed by atoms with Crippen LogP contribution in [-0.4, -0.2) is 54.8 Å². The van der Waals surface area contributed by atoms with Gasteiger partial charge in [-0.2, -0.15) is 0 Å². The van der Waals surface area contributed by atoms with Gasteiger partial charge in [-0.3, -0.25) is 4.79 Å². The van der Waals surface area contributed by atoms with Crippen LogP contribution in [0.4, 0.5) is 5.69 Å². The monoisotopic (exact) mass is 407 g/mol. The van der Waals surface area contributed by atoms with Crippen molar-refractivity contribution in [2.45, 2.75) is 83.3 Å². The number of benzene rings is 1. The topological polar surface area (TPSA) is 84.5 Å². The number of nitrogens with one attached hydrogen (secondary N) is 1. The Morgan fingerprint density at radius 2 is 1.59 bits per heavy atom. The first-order valence-electron chi connectivity index (χ1n) is 10.1. The molecule has 1 aromatic carbocycles. The first kappa shape index (κ1) is 20.6. The van der Waals surface area contributed by atoms with E-state index >= 15 is 0 Å². The number of amides is 1. The molecule has 0 spiro atoms. The van der Waals surface area contributed by atoms with Gasteiger partial charge in [0.2, 0.25) is 0 Å². The second-order valence-corrected chi connectivity index (χ2v) is 8.45. The Kier molecular flexibility index (Phi) is 5.33. The number of rotatable bonds is 5. The van der Waals surface area contributed by atoms with Crippen LogP contribution in [0.25, 0.3) is 0 Å². The minimum atomic E-state index is -0.892. The van der Waals surface area contributed by atoms with Gasteiger partial charge in [-0.25, -0.2) is 0 Å². The molecule has 0 aromatic heterocycles. The maximum Gasteiger partial charge on any atom is 0.256 e. The van der Waals surface area contributed by atoms with Crippen molar-refractivity contribution in [3.8, 4) is 5.75 Å². The third-order valence-electron chi connectivity index (χ3n) is 5.01. The smallest absolute Gasteiger partial charge is 0.256 e. The summed E-state index contributed by atoms with van der Waals surface area (Å²) in [4.78, 5) is 13.0. The third-order valence-corrected chi connectivity index (χ3v) is 5.01. The molecule has 0 saturated carbocycles. The van der Waals surface area contributed by atoms with Crippen molar-refractivity contribution in [3.63, 3.8) is 0 Å². The summed E-state index contributed by atoms with van der Waals surface area (Å²) in [6, 6.07) is 7.22. The fourth-order valence-corrected chi connectivity index (χ4v) is 3.89. The van der Waals surface area contributed by atoms with E-state index in [0.29, 0.717) is 12.3 Å². The summed E-state index contributed by atoms with van der Waals surface area (Å²) in [6.07, 6.45) is -2.19. The molecule has 0 bridgehead atoms. The standard InChI is InChI=1S/C21H29NO7/c1-6-11-24-13-9-7-12(8-10-13)22-18(23)16-14-15(27-20(2,3)26-14)17-19(25-16)29-21(4,5)28-17/h7-10,14-17,19H,6,11H2,1-5H3,(H,22,23)/t14-,15+,16+,17-,19-/m1/s1. The summed E-state index contributed by atoms with van der Waals surface area (Å²) >= 11 is 0. The molecule has 3 aliphatic rings. The molecule has 3 heterocycles. The lowest BCUT2D eigenvalue weighted by atomic mass is 9.98. The largest absolute Gasteiger partial charge is 0.494 e. The molecule has 1 N–H and O–H groups in total. The van der Waals surface area contributed by atoms with Gasteiger partial charge >= 0.3 is 0 Å². The van der Waals surface area contributed by atoms with Gasteiger partial charge in [-0.15, -0.1) is 0 Å². The van der Waals surface area contributed by atoms with Crippen molar-refractivity contribution < 1.29 is 33.2 Å². The summed E-state index contributed by atoms with van der Waals surface area (Å²) in [6.45, 7) is 9.94. The van der Waals surface area contributed by atoms with E-state index in [2.05, 4.69) is 5.32 Å². The minimum absolute atomic E-state index is 0.324. The summed E-state index contributed by atoms with van der Waals surface area (Å²) in [5, 5.41) is 2.88. The number of anilines is 1. The normalized spacial score (nSPS) is 34.3. The van der Waals surface area contributed by atoms with Gasteiger partial charge < -0.3 is 33.7 Å². The van der Waals surface area contributed by atoms with Crippen molar-refractivity contribution in [1.82, 2.24) is 0 Å². The van der Waals surface area contributed by atoms with Gasteiger partial charge in [-0.05, 0) is 58.4 Å². The molecule has 1 amide bonds. The second kappa shape index (κ2) is 7.52. The van der Waals surface area contributed by atoms with E-state index in [0.717, 1.165) is 12.2 Å². The quantitative estimate of drug-likeness (QED) is 0.803. The molecule has 0 radical (unpaired) electrons. The fourth-order valence-electron chi connectivity index (χ4n) is 3.89. The van der Waals surface area contributed by atoms with Crippen molar-refractivity contribution in [3.05, 3.63) is 24.3 Å². The van der Waals surface area contributed by atoms with E-state index in [4.69, 9.17) is 28.4 Å². The number of fused-ring (bicyclic) bond motifs is 3. The van der Waals surface area contributed by atoms with Gasteiger partial charge in [0, 0.05) is 5.69 Å². The van der Waals surface area contributed by atoms with Crippen LogP contribution in [0, 0.1) is 0 Å². The molecule has 3 aliphatic heterocycles. The molecule has 1 aromatic rings. The summed E-state index contributed by atoms with van der Waals surface area (Å²) in [5.74, 6) is -1.24. The fraction of sp³-hybridized carbons (Fsp3) is 0.667. The van der Waals surface area contributed by atoms with Crippen LogP contribution in [-0.2, 0) is 28.5 Å². The molecular weight excluding hydrogens is 378 g/mol. The van der Waals surface area contributed by atoms with Crippen LogP contribution in [0.5, 0.6) is 5.75 Å². The molecule has 8 nitrogen and oxygen atoms in total. The minimum Gasteiger partial charge on any atom is -0.494 e. The van der Waals surface area contributed by atoms with Gasteiger partial charge in [0.15, 0.2) is 24.0 Å². The van der Waals surface area contributed by atoms with Gasteiger partial charge in [0.25, 0.3) is 5.91 Å². The predicted molar refractivity (Wildman–Crippen MR) is 103 cm³/mol. The van der Waals surface area contributed by atoms with E-state index < -0.39 is 42.3 Å². The zero-order chi connectivity index (χ0) is 20.8. The van der Waals surface area contributed by atoms with Crippen LogP contribution in [0.2, 0.25) is 0 Å². The van der Waals surface area contributed by atoms with Crippen LogP contribution >= 0.6 is 0 Å². The summed E-state index contributed by atoms with van der Waals surface area (Å²) in [5.41, 5.74) is 0.642. The highest BCUT2D eigenvalue weighted by atomic mass is 16.9. The van der Waals surface area contributed by atoms with Crippen LogP contribution in [0.15, 0.2) is 24.3 Å². The molecule has 160 valence electrons. The number of carbonyl (C=O) groups excluding carboxylic acids is 1. The van der Waals surface area contributed by atoms with Gasteiger partial charge in [0.05, 0.1) is 6.61 Å². The molecule has 8 heteroatoms. The first-order valence-corrected chi connectivity index (χ1v) is 10.1. The Balaban J connectivity index is 1.49. The lowest BCUT2D eigenvalue weighted by molar-refractivity contribution is -0.229. The van der Waals surface area contributed by atoms with E-state index in [9.17, 15) is 4.79 Å². The maximum atomic E-state index is 13.0. The highest BCUT2D eigenvalue weighted by Gasteiger charge is 2.62. The highest BCUT2D eigenvalue weighted by molar-refractivity contribution is 5.94. The average molecular weight is 407 g/mol. The third kappa shape index (κ3) is 4.27. The van der Waals surface area contributed by atoms with Crippen molar-refractivity contribution >= 4 is 11.6 Å². The molecule has 0 unspecified atom stereocenters. The molecule has 4 rings (SSSR count). The van der Waals surface area contributed by atoms with Crippen LogP contribution < -0.4 is 10.1 Å². The highest BCUT2D eigenvalue weighted by Crippen LogP contribution is 2.44. The van der Waals surface area contributed by atoms with E-state index in [1.54, 1.807) is 12.1 Å². The second-order valence-electron chi connectivity index (χ2n) is 8.45. The van der Waals surface area contributed by atoms with Crippen molar-refractivity contribution in [2.75, 3.05) is 11.9 Å². The molecule has 3 saturated heterocycles. The van der Waals surface area contributed by atoms with E-state index in [1.807, 2.05) is 46.8 Å². The Morgan fingerprint density at radius 3 is 2.28 bits per heavy atom. The summed E-state index contributed by atoms with van der Waals surface area (Å²) in [7, 11) is 0. The lowest BCUT2D eigenvalue weighted by Gasteiger charge is -2.36. The molecule has 3 fully saturated rings. The van der Waals surface area contributed by atoms with Crippen LogP contribution in [0.3, 0.4) is 0 Å². The summed E-state index contributed by atoms with van der Waals surface area (Å²) < 4.78 is 35.4. The Labute approximate surface area is 170 Å². The van der Waals surface area contributed by atoms with Crippen molar-refractivity contribution in [1.29, 1.82) is 0 Å². The average Bonchev–Trinajstić information content (AvgIpc) is 3.14. The van der Waals surface area contributed by atoms with Gasteiger partial charge in [-0.1, -0.05) is 6.92 Å². The SMILES string of the molecule is CCCOc1ccc(NC(=O)[C@H]2O[C@@H]3OC(C)(C)O[C@@H]3[C@H]3OC(C)(C)O[C@H]32)cc1. The van der Waals surface area contributed by atoms with Gasteiger partial charge in [0.1, 0.15) is 24.1 Å². The Morgan fingerprint density at radius 1 is 0.966 bits per heavy atom.